The van der Waals surface area contributed by atoms with Gasteiger partial charge in [-0.05, 0) is 29.2 Å². The van der Waals surface area contributed by atoms with Gasteiger partial charge in [0.25, 0.3) is 5.56 Å². The topological polar surface area (TPSA) is 114 Å². The van der Waals surface area contributed by atoms with Crippen LogP contribution in [0.25, 0.3) is 11.1 Å². The van der Waals surface area contributed by atoms with Crippen molar-refractivity contribution in [1.82, 2.24) is 20.3 Å². The third kappa shape index (κ3) is 4.08. The summed E-state index contributed by atoms with van der Waals surface area (Å²) in [5.41, 5.74) is 6.94. The van der Waals surface area contributed by atoms with Crippen molar-refractivity contribution in [1.29, 1.82) is 0 Å². The summed E-state index contributed by atoms with van der Waals surface area (Å²) >= 11 is 0. The van der Waals surface area contributed by atoms with Gasteiger partial charge in [0.05, 0.1) is 6.04 Å². The van der Waals surface area contributed by atoms with Gasteiger partial charge in [0.2, 0.25) is 0 Å². The van der Waals surface area contributed by atoms with Crippen LogP contribution in [0.5, 0.6) is 0 Å². The molecule has 33 heavy (non-hydrogen) atoms. The summed E-state index contributed by atoms with van der Waals surface area (Å²) < 4.78 is 6.88. The van der Waals surface area contributed by atoms with Gasteiger partial charge in [0, 0.05) is 30.6 Å². The zero-order valence-corrected chi connectivity index (χ0v) is 18.0. The van der Waals surface area contributed by atoms with E-state index in [2.05, 4.69) is 40.0 Å². The Labute approximate surface area is 189 Å². The van der Waals surface area contributed by atoms with Gasteiger partial charge in [-0.25, -0.2) is 9.59 Å². The van der Waals surface area contributed by atoms with E-state index < -0.39 is 23.6 Å². The number of rotatable bonds is 5. The number of benzene rings is 2. The average molecular weight is 448 g/mol. The molecule has 9 nitrogen and oxygen atoms in total. The van der Waals surface area contributed by atoms with E-state index in [1.165, 1.54) is 21.9 Å². The minimum Gasteiger partial charge on any atom is -0.449 e. The molecule has 0 bridgehead atoms. The van der Waals surface area contributed by atoms with Crippen LogP contribution in [0.1, 0.15) is 35.3 Å². The van der Waals surface area contributed by atoms with E-state index in [1.54, 1.807) is 6.92 Å². The van der Waals surface area contributed by atoms with Gasteiger partial charge >= 0.3 is 11.8 Å². The van der Waals surface area contributed by atoms with Gasteiger partial charge in [-0.15, -0.1) is 0 Å². The molecular formula is C24H24N4O5. The van der Waals surface area contributed by atoms with Gasteiger partial charge in [0.15, 0.2) is 6.23 Å². The highest BCUT2D eigenvalue weighted by Crippen LogP contribution is 2.44. The molecule has 5 rings (SSSR count). The molecule has 1 aliphatic heterocycles. The Bertz CT molecular complexity index is 1270. The fraction of sp³-hybridized carbons (Fsp3) is 0.292. The molecule has 0 unspecified atom stereocenters. The van der Waals surface area contributed by atoms with Crippen molar-refractivity contribution >= 4 is 6.09 Å². The maximum atomic E-state index is 12.4. The van der Waals surface area contributed by atoms with Crippen molar-refractivity contribution in [2.45, 2.75) is 31.5 Å². The lowest BCUT2D eigenvalue weighted by atomic mass is 9.98. The molecule has 170 valence electrons. The van der Waals surface area contributed by atoms with E-state index in [9.17, 15) is 14.4 Å². The van der Waals surface area contributed by atoms with E-state index in [1.807, 2.05) is 24.3 Å². The first kappa shape index (κ1) is 21.2. The highest BCUT2D eigenvalue weighted by molar-refractivity contribution is 5.79. The Morgan fingerprint density at radius 2 is 1.79 bits per heavy atom. The standard InChI is InChI=1S/C24H24N4O5/c1-14-12-28(23(30)26-22(14)29)21-10-15(27-33-21)11-25-24(31)32-13-20-18-8-4-2-6-16(18)17-7-3-5-9-19(17)20/h2-9,12,15,20-21,27H,10-11,13H2,1H3,(H,25,31)(H,26,29,30)/t15-,21-/m1/s1. The quantitative estimate of drug-likeness (QED) is 0.551. The van der Waals surface area contributed by atoms with Crippen LogP contribution in [0.15, 0.2) is 64.3 Å². The number of fused-ring (bicyclic) bond motifs is 3. The van der Waals surface area contributed by atoms with Crippen molar-refractivity contribution in [3.05, 3.63) is 92.3 Å². The van der Waals surface area contributed by atoms with E-state index in [-0.39, 0.29) is 25.1 Å². The number of nitrogens with one attached hydrogen (secondary N) is 3. The molecule has 1 amide bonds. The molecule has 2 aromatic carbocycles. The van der Waals surface area contributed by atoms with Gasteiger partial charge in [-0.3, -0.25) is 19.2 Å². The first-order valence-corrected chi connectivity index (χ1v) is 10.8. The molecule has 1 aliphatic carbocycles. The summed E-state index contributed by atoms with van der Waals surface area (Å²) in [5.74, 6) is -0.00387. The molecule has 1 saturated heterocycles. The van der Waals surface area contributed by atoms with Crippen LogP contribution in [0.3, 0.4) is 0 Å². The maximum Gasteiger partial charge on any atom is 0.407 e. The molecule has 3 aromatic rings. The first-order valence-electron chi connectivity index (χ1n) is 10.8. The number of hydrogen-bond acceptors (Lipinski definition) is 6. The van der Waals surface area contributed by atoms with Crippen molar-refractivity contribution in [3.63, 3.8) is 0 Å². The lowest BCUT2D eigenvalue weighted by Crippen LogP contribution is -2.37. The van der Waals surface area contributed by atoms with E-state index >= 15 is 0 Å². The summed E-state index contributed by atoms with van der Waals surface area (Å²) in [5, 5.41) is 2.75. The van der Waals surface area contributed by atoms with Crippen LogP contribution in [-0.2, 0) is 9.57 Å². The Morgan fingerprint density at radius 1 is 1.12 bits per heavy atom. The van der Waals surface area contributed by atoms with Gasteiger partial charge in [0.1, 0.15) is 6.61 Å². The number of alkyl carbamates (subject to hydrolysis) is 1. The molecule has 9 heteroatoms. The van der Waals surface area contributed by atoms with Crippen LogP contribution in [0.2, 0.25) is 0 Å². The highest BCUT2D eigenvalue weighted by Gasteiger charge is 2.30. The monoisotopic (exact) mass is 448 g/mol. The van der Waals surface area contributed by atoms with Crippen molar-refractivity contribution in [2.24, 2.45) is 0 Å². The lowest BCUT2D eigenvalue weighted by molar-refractivity contribution is -0.0171. The predicted octanol–water partition coefficient (Wildman–Crippen LogP) is 2.18. The number of nitrogens with zero attached hydrogens (tertiary/aromatic N) is 1. The van der Waals surface area contributed by atoms with Crippen LogP contribution >= 0.6 is 0 Å². The van der Waals surface area contributed by atoms with Crippen LogP contribution < -0.4 is 22.0 Å². The van der Waals surface area contributed by atoms with Crippen molar-refractivity contribution < 1.29 is 14.4 Å². The van der Waals surface area contributed by atoms with E-state index in [4.69, 9.17) is 9.57 Å². The van der Waals surface area contributed by atoms with Crippen molar-refractivity contribution in [3.8, 4) is 11.1 Å². The number of aryl methyl sites for hydroxylation is 1. The largest absolute Gasteiger partial charge is 0.449 e. The van der Waals surface area contributed by atoms with Gasteiger partial charge in [-0.1, -0.05) is 48.5 Å². The maximum absolute atomic E-state index is 12.4. The Hall–Kier alpha value is -3.69. The number of amides is 1. The molecule has 1 fully saturated rings. The molecule has 0 saturated carbocycles. The number of aromatic nitrogens is 2. The average Bonchev–Trinajstić information content (AvgIpc) is 3.41. The summed E-state index contributed by atoms with van der Waals surface area (Å²) in [6.45, 7) is 2.13. The molecule has 0 radical (unpaired) electrons. The Kier molecular flexibility index (Phi) is 5.57. The smallest absolute Gasteiger partial charge is 0.407 e. The number of carbonyl (C=O) groups excluding carboxylic acids is 1. The third-order valence-corrected chi connectivity index (χ3v) is 6.15. The second-order valence-corrected chi connectivity index (χ2v) is 8.31. The highest BCUT2D eigenvalue weighted by atomic mass is 16.7. The molecule has 3 N–H and O–H groups in total. The number of H-pyrrole nitrogens is 1. The number of aromatic amines is 1. The predicted molar refractivity (Wildman–Crippen MR) is 121 cm³/mol. The molecule has 2 atom stereocenters. The zero-order chi connectivity index (χ0) is 22.9. The summed E-state index contributed by atoms with van der Waals surface area (Å²) in [4.78, 5) is 43.7. The number of hydroxylamine groups is 1. The Morgan fingerprint density at radius 3 is 2.48 bits per heavy atom. The fourth-order valence-electron chi connectivity index (χ4n) is 4.47. The Balaban J connectivity index is 1.16. The molecular weight excluding hydrogens is 424 g/mol. The summed E-state index contributed by atoms with van der Waals surface area (Å²) in [6.07, 6.45) is 0.811. The van der Waals surface area contributed by atoms with Gasteiger partial charge < -0.3 is 10.1 Å². The lowest BCUT2D eigenvalue weighted by Gasteiger charge is -2.15. The fourth-order valence-corrected chi connectivity index (χ4v) is 4.47. The van der Waals surface area contributed by atoms with E-state index in [0.717, 1.165) is 11.1 Å². The molecule has 2 aliphatic rings. The molecule has 2 heterocycles. The molecule has 0 spiro atoms. The number of ether oxygens (including phenoxy) is 1. The summed E-state index contributed by atoms with van der Waals surface area (Å²) in [6, 6.07) is 16.1. The first-order chi connectivity index (χ1) is 16.0. The third-order valence-electron chi connectivity index (χ3n) is 6.15. The minimum atomic E-state index is -0.581. The van der Waals surface area contributed by atoms with Crippen LogP contribution in [0.4, 0.5) is 4.79 Å². The normalized spacial score (nSPS) is 19.2. The SMILES string of the molecule is Cc1cn([C@H]2C[C@H](CNC(=O)OCC3c4ccccc4-c4ccccc43)NO2)c(=O)[nH]c1=O. The number of carbonyl (C=O) groups is 1. The molecule has 1 aromatic heterocycles. The zero-order valence-electron chi connectivity index (χ0n) is 18.0. The van der Waals surface area contributed by atoms with Crippen LogP contribution in [0, 0.1) is 6.92 Å². The van der Waals surface area contributed by atoms with Crippen LogP contribution in [-0.4, -0.2) is 34.8 Å². The second-order valence-electron chi connectivity index (χ2n) is 8.31. The summed E-state index contributed by atoms with van der Waals surface area (Å²) in [7, 11) is 0. The number of hydrogen-bond donors (Lipinski definition) is 3. The van der Waals surface area contributed by atoms with E-state index in [0.29, 0.717) is 12.0 Å². The second kappa shape index (κ2) is 8.68. The van der Waals surface area contributed by atoms with Crippen molar-refractivity contribution in [2.75, 3.05) is 13.2 Å². The van der Waals surface area contributed by atoms with Gasteiger partial charge in [-0.2, -0.15) is 5.48 Å². The minimum absolute atomic E-state index is 0.00387.